The maximum absolute atomic E-state index is 12.2. The van der Waals surface area contributed by atoms with Crippen molar-refractivity contribution < 1.29 is 13.2 Å². The van der Waals surface area contributed by atoms with Gasteiger partial charge in [0.1, 0.15) is 0 Å². The Bertz CT molecular complexity index is 843. The molecule has 0 aliphatic carbocycles. The molecule has 0 saturated heterocycles. The van der Waals surface area contributed by atoms with Crippen LogP contribution in [0, 0.1) is 13.8 Å². The van der Waals surface area contributed by atoms with Gasteiger partial charge in [-0.1, -0.05) is 30.3 Å². The largest absolute Gasteiger partial charge is 0.349 e. The monoisotopic (exact) mass is 346 g/mol. The summed E-state index contributed by atoms with van der Waals surface area (Å²) in [4.78, 5) is 12.2. The van der Waals surface area contributed by atoms with E-state index in [1.807, 2.05) is 39.0 Å². The van der Waals surface area contributed by atoms with E-state index in [4.69, 9.17) is 5.14 Å². The van der Waals surface area contributed by atoms with Crippen LogP contribution in [0.1, 0.15) is 35.2 Å². The number of hydrogen-bond donors (Lipinski definition) is 2. The first-order valence-electron chi connectivity index (χ1n) is 7.65. The van der Waals surface area contributed by atoms with Gasteiger partial charge in [0.05, 0.1) is 17.4 Å². The maximum Gasteiger partial charge on any atom is 0.238 e. The molecule has 0 saturated carbocycles. The molecule has 2 aromatic rings. The lowest BCUT2D eigenvalue weighted by molar-refractivity contribution is -0.121. The van der Waals surface area contributed by atoms with Gasteiger partial charge in [0, 0.05) is 0 Å². The van der Waals surface area contributed by atoms with Gasteiger partial charge in [0.2, 0.25) is 15.9 Å². The van der Waals surface area contributed by atoms with Crippen LogP contribution in [-0.2, 0) is 21.2 Å². The fourth-order valence-corrected chi connectivity index (χ4v) is 2.94. The molecule has 0 aromatic heterocycles. The average Bonchev–Trinajstić information content (AvgIpc) is 2.50. The van der Waals surface area contributed by atoms with Crippen molar-refractivity contribution in [1.29, 1.82) is 0 Å². The minimum Gasteiger partial charge on any atom is -0.349 e. The van der Waals surface area contributed by atoms with E-state index in [1.165, 1.54) is 17.7 Å². The Hall–Kier alpha value is -2.18. The van der Waals surface area contributed by atoms with Crippen molar-refractivity contribution in [2.24, 2.45) is 5.14 Å². The minimum absolute atomic E-state index is 0.0555. The Morgan fingerprint density at radius 1 is 1.08 bits per heavy atom. The number of benzene rings is 2. The highest BCUT2D eigenvalue weighted by molar-refractivity contribution is 7.89. The second-order valence-corrected chi connectivity index (χ2v) is 7.56. The Morgan fingerprint density at radius 2 is 1.71 bits per heavy atom. The predicted molar refractivity (Wildman–Crippen MR) is 94.0 cm³/mol. The third-order valence-corrected chi connectivity index (χ3v) is 4.95. The van der Waals surface area contributed by atoms with E-state index in [1.54, 1.807) is 12.1 Å². The molecule has 1 amide bonds. The van der Waals surface area contributed by atoms with Gasteiger partial charge in [0.25, 0.3) is 0 Å². The quantitative estimate of drug-likeness (QED) is 0.871. The van der Waals surface area contributed by atoms with Crippen LogP contribution in [0.25, 0.3) is 0 Å². The molecule has 6 heteroatoms. The van der Waals surface area contributed by atoms with E-state index in [9.17, 15) is 13.2 Å². The molecule has 0 aliphatic rings. The van der Waals surface area contributed by atoms with Crippen LogP contribution in [0.3, 0.4) is 0 Å². The molecule has 2 aromatic carbocycles. The van der Waals surface area contributed by atoms with Gasteiger partial charge in [-0.05, 0) is 55.2 Å². The molecular weight excluding hydrogens is 324 g/mol. The minimum atomic E-state index is -3.70. The summed E-state index contributed by atoms with van der Waals surface area (Å²) in [5, 5.41) is 7.99. The normalized spacial score (nSPS) is 12.7. The summed E-state index contributed by atoms with van der Waals surface area (Å²) in [6, 6.07) is 11.9. The Balaban J connectivity index is 2.01. The zero-order valence-electron chi connectivity index (χ0n) is 14.0. The highest BCUT2D eigenvalue weighted by Crippen LogP contribution is 2.16. The standard InChI is InChI=1S/C18H22N2O3S/c1-12-4-5-15(10-13(12)2)11-18(21)20-14(3)16-6-8-17(9-7-16)24(19,22)23/h4-10,14H,11H2,1-3H3,(H,20,21)(H2,19,22,23). The van der Waals surface area contributed by atoms with Gasteiger partial charge in [-0.2, -0.15) is 0 Å². The zero-order chi connectivity index (χ0) is 17.9. The number of aryl methyl sites for hydroxylation is 2. The van der Waals surface area contributed by atoms with E-state index < -0.39 is 10.0 Å². The van der Waals surface area contributed by atoms with Crippen molar-refractivity contribution in [2.45, 2.75) is 38.1 Å². The number of primary sulfonamides is 1. The van der Waals surface area contributed by atoms with Gasteiger partial charge >= 0.3 is 0 Å². The molecule has 0 fully saturated rings. The Kier molecular flexibility index (Phi) is 5.41. The Morgan fingerprint density at radius 3 is 2.25 bits per heavy atom. The van der Waals surface area contributed by atoms with Gasteiger partial charge in [-0.3, -0.25) is 4.79 Å². The van der Waals surface area contributed by atoms with Crippen molar-refractivity contribution in [3.63, 3.8) is 0 Å². The van der Waals surface area contributed by atoms with E-state index >= 15 is 0 Å². The molecule has 0 radical (unpaired) electrons. The number of nitrogens with one attached hydrogen (secondary N) is 1. The molecule has 0 spiro atoms. The first-order valence-corrected chi connectivity index (χ1v) is 9.19. The van der Waals surface area contributed by atoms with E-state index in [0.717, 1.165) is 16.7 Å². The van der Waals surface area contributed by atoms with Crippen molar-refractivity contribution in [3.8, 4) is 0 Å². The molecule has 0 bridgehead atoms. The lowest BCUT2D eigenvalue weighted by Crippen LogP contribution is -2.28. The van der Waals surface area contributed by atoms with Gasteiger partial charge < -0.3 is 5.32 Å². The van der Waals surface area contributed by atoms with Crippen molar-refractivity contribution in [1.82, 2.24) is 5.32 Å². The lowest BCUT2D eigenvalue weighted by Gasteiger charge is -2.15. The highest BCUT2D eigenvalue weighted by atomic mass is 32.2. The summed E-state index contributed by atoms with van der Waals surface area (Å²) >= 11 is 0. The van der Waals surface area contributed by atoms with Crippen LogP contribution < -0.4 is 10.5 Å². The zero-order valence-corrected chi connectivity index (χ0v) is 14.9. The second kappa shape index (κ2) is 7.15. The molecule has 24 heavy (non-hydrogen) atoms. The summed E-state index contributed by atoms with van der Waals surface area (Å²) < 4.78 is 22.5. The summed E-state index contributed by atoms with van der Waals surface area (Å²) in [6.07, 6.45) is 0.306. The molecule has 0 aliphatic heterocycles. The summed E-state index contributed by atoms with van der Waals surface area (Å²) in [7, 11) is -3.70. The van der Waals surface area contributed by atoms with Crippen LogP contribution in [-0.4, -0.2) is 14.3 Å². The number of carbonyl (C=O) groups excluding carboxylic acids is 1. The molecule has 1 atom stereocenters. The van der Waals surface area contributed by atoms with Crippen molar-refractivity contribution in [3.05, 3.63) is 64.7 Å². The van der Waals surface area contributed by atoms with Crippen LogP contribution in [0.15, 0.2) is 47.4 Å². The number of sulfonamides is 1. The van der Waals surface area contributed by atoms with E-state index in [2.05, 4.69) is 5.32 Å². The van der Waals surface area contributed by atoms with E-state index in [-0.39, 0.29) is 16.8 Å². The number of rotatable bonds is 5. The number of hydrogen-bond acceptors (Lipinski definition) is 3. The van der Waals surface area contributed by atoms with Crippen LogP contribution in [0.5, 0.6) is 0 Å². The number of nitrogens with two attached hydrogens (primary N) is 1. The number of amides is 1. The van der Waals surface area contributed by atoms with Crippen LogP contribution >= 0.6 is 0 Å². The summed E-state index contributed by atoms with van der Waals surface area (Å²) in [5.74, 6) is -0.0822. The maximum atomic E-state index is 12.2. The average molecular weight is 346 g/mol. The molecule has 1 unspecified atom stereocenters. The third-order valence-electron chi connectivity index (χ3n) is 4.02. The second-order valence-electron chi connectivity index (χ2n) is 6.00. The van der Waals surface area contributed by atoms with Gasteiger partial charge in [0.15, 0.2) is 0 Å². The van der Waals surface area contributed by atoms with Gasteiger partial charge in [-0.25, -0.2) is 13.6 Å². The molecule has 0 heterocycles. The molecule has 128 valence electrons. The van der Waals surface area contributed by atoms with Crippen molar-refractivity contribution >= 4 is 15.9 Å². The fourth-order valence-electron chi connectivity index (χ4n) is 2.42. The first kappa shape index (κ1) is 18.2. The van der Waals surface area contributed by atoms with Crippen molar-refractivity contribution in [2.75, 3.05) is 0 Å². The summed E-state index contributed by atoms with van der Waals surface area (Å²) in [6.45, 7) is 5.91. The van der Waals surface area contributed by atoms with Crippen LogP contribution in [0.4, 0.5) is 0 Å². The highest BCUT2D eigenvalue weighted by Gasteiger charge is 2.12. The predicted octanol–water partition coefficient (Wildman–Crippen LogP) is 2.37. The molecule has 3 N–H and O–H groups in total. The SMILES string of the molecule is Cc1ccc(CC(=O)NC(C)c2ccc(S(N)(=O)=O)cc2)cc1C. The Labute approximate surface area is 142 Å². The van der Waals surface area contributed by atoms with Gasteiger partial charge in [-0.15, -0.1) is 0 Å². The third kappa shape index (κ3) is 4.66. The molecule has 5 nitrogen and oxygen atoms in total. The lowest BCUT2D eigenvalue weighted by atomic mass is 10.0. The molecular formula is C18H22N2O3S. The number of carbonyl (C=O) groups is 1. The topological polar surface area (TPSA) is 89.3 Å². The molecule has 2 rings (SSSR count). The smallest absolute Gasteiger partial charge is 0.238 e. The fraction of sp³-hybridized carbons (Fsp3) is 0.278. The van der Waals surface area contributed by atoms with Crippen LogP contribution in [0.2, 0.25) is 0 Å². The first-order chi connectivity index (χ1) is 11.2. The van der Waals surface area contributed by atoms with E-state index in [0.29, 0.717) is 6.42 Å². The summed E-state index contributed by atoms with van der Waals surface area (Å²) in [5.41, 5.74) is 4.14.